The van der Waals surface area contributed by atoms with Crippen molar-refractivity contribution in [3.05, 3.63) is 11.4 Å². The Labute approximate surface area is 102 Å². The van der Waals surface area contributed by atoms with E-state index in [-0.39, 0.29) is 0 Å². The van der Waals surface area contributed by atoms with Gasteiger partial charge >= 0.3 is 0 Å². The third-order valence-corrected chi connectivity index (χ3v) is 3.43. The van der Waals surface area contributed by atoms with Crippen LogP contribution in [0.4, 0.5) is 5.95 Å². The number of nitrogens with one attached hydrogen (secondary N) is 1. The van der Waals surface area contributed by atoms with Crippen molar-refractivity contribution in [2.24, 2.45) is 0 Å². The first-order chi connectivity index (χ1) is 7.71. The molecule has 1 rings (SSSR count). The lowest BCUT2D eigenvalue weighted by Crippen LogP contribution is -2.16. The molecule has 0 bridgehead atoms. The van der Waals surface area contributed by atoms with Crippen molar-refractivity contribution in [2.75, 3.05) is 18.1 Å². The fourth-order valence-electron chi connectivity index (χ4n) is 1.33. The third kappa shape index (κ3) is 3.63. The highest BCUT2D eigenvalue weighted by Crippen LogP contribution is 2.09. The molecule has 5 heteroatoms. The zero-order valence-electron chi connectivity index (χ0n) is 10.4. The average molecular weight is 240 g/mol. The Kier molecular flexibility index (Phi) is 5.52. The van der Waals surface area contributed by atoms with Gasteiger partial charge in [-0.3, -0.25) is 0 Å². The van der Waals surface area contributed by atoms with Crippen molar-refractivity contribution in [3.63, 3.8) is 0 Å². The maximum absolute atomic E-state index is 4.47. The Balaban J connectivity index is 2.67. The molecule has 16 heavy (non-hydrogen) atoms. The molecule has 0 aliphatic rings. The molecule has 0 radical (unpaired) electrons. The Bertz CT molecular complexity index is 330. The van der Waals surface area contributed by atoms with Gasteiger partial charge in [0.25, 0.3) is 0 Å². The van der Waals surface area contributed by atoms with E-state index in [0.717, 1.165) is 30.8 Å². The molecule has 1 heterocycles. The molecular formula is C11H20N4S. The summed E-state index contributed by atoms with van der Waals surface area (Å²) in [5.41, 5.74) is 2.06. The molecule has 0 saturated carbocycles. The molecule has 1 unspecified atom stereocenters. The van der Waals surface area contributed by atoms with Gasteiger partial charge in [-0.25, -0.2) is 4.98 Å². The van der Waals surface area contributed by atoms with E-state index in [9.17, 15) is 0 Å². The van der Waals surface area contributed by atoms with Crippen LogP contribution in [0.2, 0.25) is 0 Å². The lowest BCUT2D eigenvalue weighted by atomic mass is 10.2. The first-order valence-electron chi connectivity index (χ1n) is 5.70. The number of rotatable bonds is 6. The van der Waals surface area contributed by atoms with Gasteiger partial charge in [0, 0.05) is 11.8 Å². The van der Waals surface area contributed by atoms with Crippen LogP contribution in [0.5, 0.6) is 0 Å². The van der Waals surface area contributed by atoms with Crippen LogP contribution in [0.25, 0.3) is 0 Å². The molecule has 0 spiro atoms. The van der Waals surface area contributed by atoms with Crippen LogP contribution in [0.15, 0.2) is 0 Å². The summed E-state index contributed by atoms with van der Waals surface area (Å²) in [4.78, 5) is 4.47. The largest absolute Gasteiger partial charge is 0.352 e. The number of anilines is 1. The summed E-state index contributed by atoms with van der Waals surface area (Å²) in [6.45, 7) is 7.22. The Hall–Kier alpha value is -0.840. The maximum Gasteiger partial charge on any atom is 0.243 e. The van der Waals surface area contributed by atoms with Crippen molar-refractivity contribution in [1.82, 2.24) is 15.2 Å². The standard InChI is InChI=1S/C11H20N4S/c1-5-9-10(6-2)14-15-11(13-9)12-7-8(3)16-4/h8H,5-7H2,1-4H3,(H,12,13,15). The summed E-state index contributed by atoms with van der Waals surface area (Å²) in [5.74, 6) is 0.648. The second kappa shape index (κ2) is 6.68. The van der Waals surface area contributed by atoms with E-state index in [4.69, 9.17) is 0 Å². The van der Waals surface area contributed by atoms with Crippen molar-refractivity contribution in [3.8, 4) is 0 Å². The first kappa shape index (κ1) is 13.2. The number of aromatic nitrogens is 3. The van der Waals surface area contributed by atoms with Gasteiger partial charge in [-0.15, -0.1) is 5.10 Å². The predicted molar refractivity (Wildman–Crippen MR) is 70.0 cm³/mol. The van der Waals surface area contributed by atoms with Gasteiger partial charge in [0.05, 0.1) is 11.4 Å². The molecule has 0 saturated heterocycles. The van der Waals surface area contributed by atoms with Gasteiger partial charge in [-0.1, -0.05) is 20.8 Å². The summed E-state index contributed by atoms with van der Waals surface area (Å²) in [5, 5.41) is 12.0. The Morgan fingerprint density at radius 3 is 2.44 bits per heavy atom. The molecule has 90 valence electrons. The maximum atomic E-state index is 4.47. The lowest BCUT2D eigenvalue weighted by Gasteiger charge is -2.10. The van der Waals surface area contributed by atoms with Gasteiger partial charge in [-0.2, -0.15) is 16.9 Å². The number of hydrogen-bond donors (Lipinski definition) is 1. The van der Waals surface area contributed by atoms with Gasteiger partial charge in [0.15, 0.2) is 0 Å². The van der Waals surface area contributed by atoms with Crippen molar-refractivity contribution < 1.29 is 0 Å². The summed E-state index contributed by atoms with van der Waals surface area (Å²) in [6, 6.07) is 0. The van der Waals surface area contributed by atoms with Crippen LogP contribution in [0.1, 0.15) is 32.2 Å². The van der Waals surface area contributed by atoms with E-state index in [1.54, 1.807) is 0 Å². The minimum Gasteiger partial charge on any atom is -0.352 e. The highest BCUT2D eigenvalue weighted by Gasteiger charge is 2.06. The van der Waals surface area contributed by atoms with E-state index >= 15 is 0 Å². The highest BCUT2D eigenvalue weighted by molar-refractivity contribution is 7.99. The van der Waals surface area contributed by atoms with Crippen LogP contribution in [-0.4, -0.2) is 33.2 Å². The van der Waals surface area contributed by atoms with Crippen molar-refractivity contribution in [2.45, 2.75) is 38.9 Å². The number of aryl methyl sites for hydroxylation is 2. The molecule has 0 fully saturated rings. The molecule has 4 nitrogen and oxygen atoms in total. The Morgan fingerprint density at radius 2 is 1.88 bits per heavy atom. The van der Waals surface area contributed by atoms with Crippen LogP contribution in [-0.2, 0) is 12.8 Å². The molecule has 0 amide bonds. The number of nitrogens with zero attached hydrogens (tertiary/aromatic N) is 3. The van der Waals surface area contributed by atoms with E-state index in [1.165, 1.54) is 0 Å². The van der Waals surface area contributed by atoms with Gasteiger partial charge in [0.1, 0.15) is 0 Å². The smallest absolute Gasteiger partial charge is 0.243 e. The summed E-state index contributed by atoms with van der Waals surface area (Å²) >= 11 is 1.82. The SMILES string of the molecule is CCc1nnc(NCC(C)SC)nc1CC. The molecule has 1 aromatic heterocycles. The van der Waals surface area contributed by atoms with Crippen molar-refractivity contribution >= 4 is 17.7 Å². The zero-order chi connectivity index (χ0) is 12.0. The normalized spacial score (nSPS) is 12.5. The molecule has 0 aromatic carbocycles. The zero-order valence-corrected chi connectivity index (χ0v) is 11.3. The fourth-order valence-corrected chi connectivity index (χ4v) is 1.58. The number of hydrogen-bond acceptors (Lipinski definition) is 5. The first-order valence-corrected chi connectivity index (χ1v) is 6.99. The van der Waals surface area contributed by atoms with Crippen LogP contribution < -0.4 is 5.32 Å². The van der Waals surface area contributed by atoms with Crippen LogP contribution in [0, 0.1) is 0 Å². The molecular weight excluding hydrogens is 220 g/mol. The van der Waals surface area contributed by atoms with Gasteiger partial charge in [-0.05, 0) is 19.1 Å². The van der Waals surface area contributed by atoms with Crippen LogP contribution >= 0.6 is 11.8 Å². The topological polar surface area (TPSA) is 50.7 Å². The average Bonchev–Trinajstić information content (AvgIpc) is 2.35. The summed E-state index contributed by atoms with van der Waals surface area (Å²) < 4.78 is 0. The summed E-state index contributed by atoms with van der Waals surface area (Å²) in [6.07, 6.45) is 3.90. The number of thioether (sulfide) groups is 1. The minimum atomic E-state index is 0.555. The quantitative estimate of drug-likeness (QED) is 0.825. The molecule has 1 aromatic rings. The van der Waals surface area contributed by atoms with Gasteiger partial charge in [0.2, 0.25) is 5.95 Å². The van der Waals surface area contributed by atoms with Crippen LogP contribution in [0.3, 0.4) is 0 Å². The molecule has 1 N–H and O–H groups in total. The van der Waals surface area contributed by atoms with E-state index in [2.05, 4.69) is 47.5 Å². The summed E-state index contributed by atoms with van der Waals surface area (Å²) in [7, 11) is 0. The van der Waals surface area contributed by atoms with Gasteiger partial charge < -0.3 is 5.32 Å². The Morgan fingerprint density at radius 1 is 1.19 bits per heavy atom. The third-order valence-electron chi connectivity index (χ3n) is 2.46. The minimum absolute atomic E-state index is 0.555. The fraction of sp³-hybridized carbons (Fsp3) is 0.727. The second-order valence-corrected chi connectivity index (χ2v) is 4.94. The highest BCUT2D eigenvalue weighted by atomic mass is 32.2. The second-order valence-electron chi connectivity index (χ2n) is 3.66. The monoisotopic (exact) mass is 240 g/mol. The van der Waals surface area contributed by atoms with E-state index < -0.39 is 0 Å². The molecule has 0 aliphatic heterocycles. The molecule has 0 aliphatic carbocycles. The lowest BCUT2D eigenvalue weighted by molar-refractivity contribution is 0.816. The molecule has 1 atom stereocenters. The van der Waals surface area contributed by atoms with Crippen molar-refractivity contribution in [1.29, 1.82) is 0 Å². The van der Waals surface area contributed by atoms with E-state index in [0.29, 0.717) is 11.2 Å². The van der Waals surface area contributed by atoms with E-state index in [1.807, 2.05) is 11.8 Å². The predicted octanol–water partition coefficient (Wildman–Crippen LogP) is 2.16.